The number of esters is 2. The van der Waals surface area contributed by atoms with Crippen LogP contribution in [0.3, 0.4) is 0 Å². The van der Waals surface area contributed by atoms with Crippen LogP contribution < -0.4 is 19.9 Å². The lowest BCUT2D eigenvalue weighted by atomic mass is 10.1. The summed E-state index contributed by atoms with van der Waals surface area (Å²) < 4.78 is 69.8. The Morgan fingerprint density at radius 2 is 1.13 bits per heavy atom. The van der Waals surface area contributed by atoms with Crippen LogP contribution in [0.25, 0.3) is 0 Å². The van der Waals surface area contributed by atoms with E-state index in [0.717, 1.165) is 11.1 Å². The lowest BCUT2D eigenvalue weighted by Gasteiger charge is -2.16. The first-order chi connectivity index (χ1) is 20.8. The van der Waals surface area contributed by atoms with Crippen molar-refractivity contribution in [2.24, 2.45) is 5.73 Å². The van der Waals surface area contributed by atoms with Gasteiger partial charge < -0.3 is 24.7 Å². The Bertz CT molecular complexity index is 1520. The second kappa shape index (κ2) is 21.3. The molecule has 2 rings (SSSR count). The van der Waals surface area contributed by atoms with Gasteiger partial charge in [0, 0.05) is 23.8 Å². The Morgan fingerprint density at radius 1 is 0.739 bits per heavy atom. The van der Waals surface area contributed by atoms with Gasteiger partial charge in [-0.15, -0.1) is 12.4 Å². The number of nitrogens with one attached hydrogen (secondary N) is 1. The lowest BCUT2D eigenvalue weighted by molar-refractivity contribution is -0.143. The van der Waals surface area contributed by atoms with Gasteiger partial charge in [0.25, 0.3) is 9.05 Å². The molecule has 16 heteroatoms. The first kappa shape index (κ1) is 45.5. The zero-order chi connectivity index (χ0) is 35.1. The smallest absolute Gasteiger partial charge is 0.307 e. The topological polar surface area (TPSA) is 177 Å². The summed E-state index contributed by atoms with van der Waals surface area (Å²) in [5, 5.41) is 0. The van der Waals surface area contributed by atoms with E-state index in [1.165, 1.54) is 0 Å². The maximum Gasteiger partial charge on any atom is 0.307 e. The summed E-state index contributed by atoms with van der Waals surface area (Å²) in [6.45, 7) is 15.1. The molecule has 0 aliphatic rings. The highest BCUT2D eigenvalue weighted by atomic mass is 35.7. The molecule has 2 aromatic carbocycles. The molecule has 0 aliphatic heterocycles. The first-order valence-corrected chi connectivity index (χ1v) is 17.9. The van der Waals surface area contributed by atoms with Gasteiger partial charge >= 0.3 is 11.9 Å². The summed E-state index contributed by atoms with van der Waals surface area (Å²) in [5.74, 6) is 0.689. The van der Waals surface area contributed by atoms with E-state index in [1.807, 2.05) is 6.92 Å². The molecule has 0 spiro atoms. The number of halogens is 2. The molecular formula is C30H48Cl2N2O10S2. The largest absolute Gasteiger partial charge is 0.496 e. The number of rotatable bonds is 12. The Labute approximate surface area is 284 Å². The number of sulfonamides is 1. The number of carbonyl (C=O) groups is 2. The van der Waals surface area contributed by atoms with Crippen molar-refractivity contribution < 1.29 is 45.4 Å². The van der Waals surface area contributed by atoms with Crippen molar-refractivity contribution in [2.75, 3.05) is 40.5 Å². The minimum Gasteiger partial charge on any atom is -0.496 e. The first-order valence-electron chi connectivity index (χ1n) is 14.1. The highest BCUT2D eigenvalue weighted by Gasteiger charge is 2.23. The number of carbonyl (C=O) groups excluding carboxylic acids is 2. The third kappa shape index (κ3) is 14.0. The van der Waals surface area contributed by atoms with E-state index in [4.69, 9.17) is 30.6 Å². The van der Waals surface area contributed by atoms with E-state index >= 15 is 0 Å². The number of methoxy groups -OCH3 is 2. The van der Waals surface area contributed by atoms with Crippen LogP contribution in [-0.2, 0) is 38.1 Å². The molecule has 3 N–H and O–H groups in total. The number of ether oxygens (including phenoxy) is 4. The van der Waals surface area contributed by atoms with Crippen molar-refractivity contribution in [1.82, 2.24) is 4.72 Å². The van der Waals surface area contributed by atoms with E-state index in [0.29, 0.717) is 53.3 Å². The molecule has 0 amide bonds. The summed E-state index contributed by atoms with van der Waals surface area (Å²) in [5.41, 5.74) is 9.11. The van der Waals surface area contributed by atoms with Gasteiger partial charge in [0.05, 0.1) is 50.1 Å². The normalized spacial score (nSPS) is 10.7. The maximum atomic E-state index is 12.5. The predicted molar refractivity (Wildman–Crippen MR) is 181 cm³/mol. The van der Waals surface area contributed by atoms with Gasteiger partial charge in [-0.2, -0.15) is 0 Å². The number of benzene rings is 2. The number of hydrogen-bond acceptors (Lipinski definition) is 11. The summed E-state index contributed by atoms with van der Waals surface area (Å²) >= 11 is 0. The molecule has 0 aromatic heterocycles. The molecule has 0 bridgehead atoms. The van der Waals surface area contributed by atoms with Crippen molar-refractivity contribution >= 4 is 54.1 Å². The molecule has 0 radical (unpaired) electrons. The van der Waals surface area contributed by atoms with Gasteiger partial charge in [0.2, 0.25) is 10.0 Å². The molecule has 2 aromatic rings. The lowest BCUT2D eigenvalue weighted by Crippen LogP contribution is -2.28. The van der Waals surface area contributed by atoms with E-state index in [2.05, 4.69) is 9.46 Å². The average molecular weight is 732 g/mol. The Morgan fingerprint density at radius 3 is 1.50 bits per heavy atom. The van der Waals surface area contributed by atoms with Crippen LogP contribution in [0.5, 0.6) is 11.5 Å². The summed E-state index contributed by atoms with van der Waals surface area (Å²) in [6.07, 6.45) is 0.328. The highest BCUT2D eigenvalue weighted by molar-refractivity contribution is 8.13. The van der Waals surface area contributed by atoms with E-state index < -0.39 is 25.0 Å². The van der Waals surface area contributed by atoms with Crippen molar-refractivity contribution in [3.8, 4) is 11.5 Å². The zero-order valence-electron chi connectivity index (χ0n) is 28.2. The molecule has 46 heavy (non-hydrogen) atoms. The van der Waals surface area contributed by atoms with Crippen molar-refractivity contribution in [1.29, 1.82) is 0 Å². The van der Waals surface area contributed by atoms with E-state index in [1.54, 1.807) is 74.8 Å². The second-order valence-corrected chi connectivity index (χ2v) is 13.9. The molecular weight excluding hydrogens is 683 g/mol. The van der Waals surface area contributed by atoms with Crippen LogP contribution in [0.4, 0.5) is 0 Å². The highest BCUT2D eigenvalue weighted by Crippen LogP contribution is 2.32. The monoisotopic (exact) mass is 730 g/mol. The fourth-order valence-corrected chi connectivity index (χ4v) is 7.43. The molecule has 12 nitrogen and oxygen atoms in total. The summed E-state index contributed by atoms with van der Waals surface area (Å²) in [6, 6.07) is 3.37. The van der Waals surface area contributed by atoms with Gasteiger partial charge in [-0.25, -0.2) is 21.6 Å². The number of aryl methyl sites for hydroxylation is 2. The third-order valence-electron chi connectivity index (χ3n) is 6.49. The van der Waals surface area contributed by atoms with Gasteiger partial charge in [0.1, 0.15) is 11.5 Å². The van der Waals surface area contributed by atoms with Gasteiger partial charge in [-0.05, 0) is 101 Å². The molecule has 0 atom stereocenters. The van der Waals surface area contributed by atoms with Gasteiger partial charge in [-0.1, -0.05) is 0 Å². The van der Waals surface area contributed by atoms with Crippen LogP contribution in [-0.4, -0.2) is 69.3 Å². The Hall–Kier alpha value is -2.62. The fourth-order valence-electron chi connectivity index (χ4n) is 4.20. The van der Waals surface area contributed by atoms with Crippen LogP contribution in [0.1, 0.15) is 60.1 Å². The Kier molecular flexibility index (Phi) is 21.1. The zero-order valence-corrected chi connectivity index (χ0v) is 31.4. The molecule has 0 unspecified atom stereocenters. The second-order valence-electron chi connectivity index (χ2n) is 9.68. The molecule has 0 saturated heterocycles. The SMILES string of the molecule is CCOC(=O)CCN.CCOC(=O)CCNS(=O)(=O)c1c(C)cc(OC)c(C)c1C.COc1cc(C)c(S(=O)(=O)Cl)c(C)c1C.Cl. The van der Waals surface area contributed by atoms with Gasteiger partial charge in [-0.3, -0.25) is 9.59 Å². The predicted octanol–water partition coefficient (Wildman–Crippen LogP) is 4.72. The van der Waals surface area contributed by atoms with Crippen molar-refractivity contribution in [3.63, 3.8) is 0 Å². The molecule has 264 valence electrons. The van der Waals surface area contributed by atoms with E-state index in [-0.39, 0.29) is 47.7 Å². The van der Waals surface area contributed by atoms with Crippen LogP contribution >= 0.6 is 23.1 Å². The average Bonchev–Trinajstić information content (AvgIpc) is 2.93. The minimum absolute atomic E-state index is 0. The van der Waals surface area contributed by atoms with Crippen molar-refractivity contribution in [2.45, 2.75) is 78.0 Å². The van der Waals surface area contributed by atoms with Crippen LogP contribution in [0, 0.1) is 41.5 Å². The number of nitrogens with two attached hydrogens (primary N) is 1. The molecule has 0 fully saturated rings. The molecule has 0 heterocycles. The summed E-state index contributed by atoms with van der Waals surface area (Å²) in [4.78, 5) is 22.0. The Balaban J connectivity index is 0. The molecule has 0 saturated carbocycles. The summed E-state index contributed by atoms with van der Waals surface area (Å²) in [7, 11) is 1.08. The molecule has 0 aliphatic carbocycles. The quantitative estimate of drug-likeness (QED) is 0.228. The minimum atomic E-state index is -3.69. The standard InChI is InChI=1S/C15H23NO5S.C10H13ClO3S.C5H11NO2.ClH/c1-6-21-14(17)7-8-16-22(18,19)15-10(2)9-13(20-5)11(3)12(15)4;1-6-5-9(14-4)7(2)8(3)10(6)15(11,12)13;1-2-8-5(7)3-4-6;/h9,16H,6-8H2,1-5H3;5H,1-4H3;2-4,6H2,1H3;1H. The van der Waals surface area contributed by atoms with Crippen LogP contribution in [0.2, 0.25) is 0 Å². The number of hydrogen-bond donors (Lipinski definition) is 2. The maximum absolute atomic E-state index is 12.5. The van der Waals surface area contributed by atoms with Crippen LogP contribution in [0.15, 0.2) is 21.9 Å². The van der Waals surface area contributed by atoms with Crippen molar-refractivity contribution in [3.05, 3.63) is 45.5 Å². The van der Waals surface area contributed by atoms with E-state index in [9.17, 15) is 26.4 Å². The van der Waals surface area contributed by atoms with Gasteiger partial charge in [0.15, 0.2) is 0 Å². The third-order valence-corrected chi connectivity index (χ3v) is 9.82. The fraction of sp³-hybridized carbons (Fsp3) is 0.533.